The third-order valence-corrected chi connectivity index (χ3v) is 7.56. The van der Waals surface area contributed by atoms with Crippen LogP contribution in [0.25, 0.3) is 22.2 Å². The van der Waals surface area contributed by atoms with Gasteiger partial charge in [-0.3, -0.25) is 10.2 Å². The number of nitrogens with zero attached hydrogens (tertiary/aromatic N) is 2. The third kappa shape index (κ3) is 3.20. The molecule has 2 atom stereocenters. The molecule has 1 aliphatic heterocycles. The summed E-state index contributed by atoms with van der Waals surface area (Å²) in [6.45, 7) is 2.09. The minimum Gasteiger partial charge on any atom is -0.481 e. The number of carbonyl (C=O) groups is 1. The van der Waals surface area contributed by atoms with E-state index in [9.17, 15) is 4.79 Å². The van der Waals surface area contributed by atoms with Crippen LogP contribution in [-0.2, 0) is 10.2 Å². The van der Waals surface area contributed by atoms with Gasteiger partial charge in [0.25, 0.3) is 0 Å². The number of rotatable bonds is 4. The molecule has 5 rings (SSSR count). The van der Waals surface area contributed by atoms with Crippen LogP contribution in [0.2, 0.25) is 0 Å². The molecule has 1 aromatic carbocycles. The number of carbonyl (C=O) groups excluding carboxylic acids is 1. The normalized spacial score (nSPS) is 21.3. The van der Waals surface area contributed by atoms with Gasteiger partial charge in [0.15, 0.2) is 0 Å². The van der Waals surface area contributed by atoms with Crippen molar-refractivity contribution in [2.45, 2.75) is 24.7 Å². The molecule has 0 aliphatic carbocycles. The molecule has 162 valence electrons. The van der Waals surface area contributed by atoms with Gasteiger partial charge < -0.3 is 14.1 Å². The van der Waals surface area contributed by atoms with Crippen molar-refractivity contribution >= 4 is 34.0 Å². The minimum absolute atomic E-state index is 0.0685. The number of aromatic nitrogens is 1. The van der Waals surface area contributed by atoms with Gasteiger partial charge in [-0.05, 0) is 35.9 Å². The number of hydrogen-bond donors (Lipinski definition) is 1. The van der Waals surface area contributed by atoms with E-state index in [1.54, 1.807) is 31.8 Å². The second-order valence-corrected chi connectivity index (χ2v) is 9.27. The summed E-state index contributed by atoms with van der Waals surface area (Å²) < 4.78 is 10.8. The number of likely N-dealkylation sites (tertiary alicyclic amines) is 1. The van der Waals surface area contributed by atoms with Gasteiger partial charge in [-0.15, -0.1) is 11.3 Å². The molecule has 7 heteroatoms. The van der Waals surface area contributed by atoms with Crippen molar-refractivity contribution in [2.75, 3.05) is 14.2 Å². The molecule has 1 fully saturated rings. The van der Waals surface area contributed by atoms with Crippen molar-refractivity contribution in [1.29, 1.82) is 5.41 Å². The maximum atomic E-state index is 13.5. The number of likely N-dealkylation sites (N-methyl/N-ethyl adjacent to an activating group) is 1. The zero-order valence-corrected chi connectivity index (χ0v) is 18.9. The first kappa shape index (κ1) is 20.5. The highest BCUT2D eigenvalue weighted by molar-refractivity contribution is 7.10. The van der Waals surface area contributed by atoms with Crippen LogP contribution in [0.4, 0.5) is 0 Å². The molecule has 1 saturated heterocycles. The van der Waals surface area contributed by atoms with E-state index in [2.05, 4.69) is 23.4 Å². The van der Waals surface area contributed by atoms with Gasteiger partial charge >= 0.3 is 0 Å². The quantitative estimate of drug-likeness (QED) is 0.453. The molecule has 32 heavy (non-hydrogen) atoms. The SMILES string of the molecule is COc1cccc(-c2csc([C@@]3(C)CC(=N)N(C)C(=O)[C@@H]3c3ccc4occc4c3)c2)n1. The highest BCUT2D eigenvalue weighted by Crippen LogP contribution is 2.49. The van der Waals surface area contributed by atoms with Crippen LogP contribution in [-0.4, -0.2) is 35.8 Å². The second-order valence-electron chi connectivity index (χ2n) is 8.35. The van der Waals surface area contributed by atoms with Crippen molar-refractivity contribution in [3.8, 4) is 17.1 Å². The van der Waals surface area contributed by atoms with E-state index in [4.69, 9.17) is 14.6 Å². The summed E-state index contributed by atoms with van der Waals surface area (Å²) >= 11 is 1.61. The Bertz CT molecular complexity index is 1340. The molecule has 6 nitrogen and oxygen atoms in total. The Kier molecular flexibility index (Phi) is 4.86. The molecule has 0 radical (unpaired) electrons. The zero-order chi connectivity index (χ0) is 22.5. The molecule has 1 N–H and O–H groups in total. The zero-order valence-electron chi connectivity index (χ0n) is 18.1. The first-order chi connectivity index (χ1) is 15.4. The summed E-state index contributed by atoms with van der Waals surface area (Å²) in [5, 5.41) is 11.5. The molecule has 1 amide bonds. The first-order valence-electron chi connectivity index (χ1n) is 10.3. The van der Waals surface area contributed by atoms with Crippen molar-refractivity contribution in [3.05, 3.63) is 70.6 Å². The number of methoxy groups -OCH3 is 1. The smallest absolute Gasteiger partial charge is 0.236 e. The van der Waals surface area contributed by atoms with E-state index < -0.39 is 11.3 Å². The maximum absolute atomic E-state index is 13.5. The number of ether oxygens (including phenoxy) is 1. The predicted octanol–water partition coefficient (Wildman–Crippen LogP) is 5.45. The highest BCUT2D eigenvalue weighted by Gasteiger charge is 2.49. The predicted molar refractivity (Wildman–Crippen MR) is 126 cm³/mol. The number of benzene rings is 1. The van der Waals surface area contributed by atoms with Gasteiger partial charge in [0, 0.05) is 46.2 Å². The van der Waals surface area contributed by atoms with E-state index in [0.717, 1.165) is 32.7 Å². The highest BCUT2D eigenvalue weighted by atomic mass is 32.1. The lowest BCUT2D eigenvalue weighted by Gasteiger charge is -2.44. The average Bonchev–Trinajstić information content (AvgIpc) is 3.47. The Morgan fingerprint density at radius 1 is 1.25 bits per heavy atom. The first-order valence-corrected chi connectivity index (χ1v) is 11.2. The standard InChI is InChI=1S/C25H23N3O3S/c1-25(20-12-17(14-32-20)18-5-4-6-22(27-18)30-3)13-21(26)28(2)24(29)23(25)16-7-8-19-15(11-16)9-10-31-19/h4-12,14,23,26H,13H2,1-3H3/t23-,25+/m0/s1. The summed E-state index contributed by atoms with van der Waals surface area (Å²) in [7, 11) is 3.29. The lowest BCUT2D eigenvalue weighted by Crippen LogP contribution is -2.51. The van der Waals surface area contributed by atoms with Crippen molar-refractivity contribution in [1.82, 2.24) is 9.88 Å². The molecular formula is C25H23N3O3S. The van der Waals surface area contributed by atoms with E-state index in [1.807, 2.05) is 42.5 Å². The number of furan rings is 1. The van der Waals surface area contributed by atoms with Crippen LogP contribution in [0.5, 0.6) is 5.88 Å². The summed E-state index contributed by atoms with van der Waals surface area (Å²) in [5.41, 5.74) is 2.97. The lowest BCUT2D eigenvalue weighted by atomic mass is 9.67. The van der Waals surface area contributed by atoms with Gasteiger partial charge in [-0.2, -0.15) is 0 Å². The fourth-order valence-corrected chi connectivity index (χ4v) is 5.63. The van der Waals surface area contributed by atoms with Gasteiger partial charge in [0.2, 0.25) is 11.8 Å². The summed E-state index contributed by atoms with van der Waals surface area (Å²) in [5.74, 6) is 0.406. The van der Waals surface area contributed by atoms with Crippen LogP contribution in [0, 0.1) is 5.41 Å². The Hall–Kier alpha value is -3.45. The van der Waals surface area contributed by atoms with E-state index in [1.165, 1.54) is 4.90 Å². The van der Waals surface area contributed by atoms with Crippen molar-refractivity contribution < 1.29 is 13.9 Å². The molecule has 0 bridgehead atoms. The van der Waals surface area contributed by atoms with Crippen molar-refractivity contribution in [3.63, 3.8) is 0 Å². The maximum Gasteiger partial charge on any atom is 0.236 e. The summed E-state index contributed by atoms with van der Waals surface area (Å²) in [6, 6.07) is 15.6. The second kappa shape index (κ2) is 7.60. The Morgan fingerprint density at radius 2 is 2.09 bits per heavy atom. The van der Waals surface area contributed by atoms with Gasteiger partial charge in [-0.1, -0.05) is 19.1 Å². The number of amidine groups is 1. The summed E-state index contributed by atoms with van der Waals surface area (Å²) in [6.07, 6.45) is 2.12. The van der Waals surface area contributed by atoms with E-state index >= 15 is 0 Å². The minimum atomic E-state index is -0.556. The topological polar surface area (TPSA) is 79.4 Å². The molecule has 1 aliphatic rings. The fraction of sp³-hybridized carbons (Fsp3) is 0.240. The number of pyridine rings is 1. The lowest BCUT2D eigenvalue weighted by molar-refractivity contribution is -0.131. The fourth-order valence-electron chi connectivity index (χ4n) is 4.53. The molecule has 3 aromatic heterocycles. The van der Waals surface area contributed by atoms with Gasteiger partial charge in [-0.25, -0.2) is 4.98 Å². The Balaban J connectivity index is 1.61. The Morgan fingerprint density at radius 3 is 2.91 bits per heavy atom. The van der Waals surface area contributed by atoms with Gasteiger partial charge in [0.05, 0.1) is 25.0 Å². The van der Waals surface area contributed by atoms with Crippen LogP contribution in [0.1, 0.15) is 29.7 Å². The molecule has 4 aromatic rings. The molecule has 0 unspecified atom stereocenters. The number of nitrogens with one attached hydrogen (secondary N) is 1. The van der Waals surface area contributed by atoms with Gasteiger partial charge in [0.1, 0.15) is 11.4 Å². The Labute approximate surface area is 190 Å². The number of thiophene rings is 1. The van der Waals surface area contributed by atoms with Crippen LogP contribution in [0.3, 0.4) is 0 Å². The molecule has 0 saturated carbocycles. The van der Waals surface area contributed by atoms with E-state index in [-0.39, 0.29) is 5.91 Å². The number of amides is 1. The van der Waals surface area contributed by atoms with Crippen molar-refractivity contribution in [2.24, 2.45) is 0 Å². The molecule has 0 spiro atoms. The summed E-state index contributed by atoms with van der Waals surface area (Å²) in [4.78, 5) is 20.6. The monoisotopic (exact) mass is 445 g/mol. The molecule has 4 heterocycles. The van der Waals surface area contributed by atoms with Crippen LogP contribution in [0.15, 0.2) is 64.6 Å². The van der Waals surface area contributed by atoms with Crippen LogP contribution >= 0.6 is 11.3 Å². The van der Waals surface area contributed by atoms with E-state index in [0.29, 0.717) is 18.1 Å². The number of hydrogen-bond acceptors (Lipinski definition) is 6. The number of fused-ring (bicyclic) bond motifs is 1. The van der Waals surface area contributed by atoms with Crippen LogP contribution < -0.4 is 4.74 Å². The average molecular weight is 446 g/mol. The third-order valence-electron chi connectivity index (χ3n) is 6.35. The largest absolute Gasteiger partial charge is 0.481 e. The molecular weight excluding hydrogens is 422 g/mol. The number of piperidine rings is 1.